The highest BCUT2D eigenvalue weighted by Crippen LogP contribution is 2.17. The van der Waals surface area contributed by atoms with E-state index in [0.717, 1.165) is 5.56 Å². The Morgan fingerprint density at radius 2 is 2.07 bits per heavy atom. The fourth-order valence-corrected chi connectivity index (χ4v) is 1.23. The minimum atomic E-state index is -0.626. The topological polar surface area (TPSA) is 60.1 Å². The number of hydrogen-bond donors (Lipinski definition) is 0. The van der Waals surface area contributed by atoms with Crippen LogP contribution in [0.25, 0.3) is 0 Å². The number of aromatic nitrogens is 3. The molecule has 0 saturated carbocycles. The standard InChI is InChI=1S/C9H8N4O/c14-12-9(13-7-10-6-11-13)8-4-2-1-3-5-8/h1-7,9H. The number of benzene rings is 1. The second-order valence-electron chi connectivity index (χ2n) is 2.77. The summed E-state index contributed by atoms with van der Waals surface area (Å²) < 4.78 is 1.42. The summed E-state index contributed by atoms with van der Waals surface area (Å²) in [6.07, 6.45) is 2.22. The van der Waals surface area contributed by atoms with Crippen molar-refractivity contribution in [1.29, 1.82) is 0 Å². The third-order valence-electron chi connectivity index (χ3n) is 1.88. The molecule has 5 heteroatoms. The third kappa shape index (κ3) is 1.52. The highest BCUT2D eigenvalue weighted by molar-refractivity contribution is 5.18. The Labute approximate surface area is 80.4 Å². The van der Waals surface area contributed by atoms with E-state index in [1.807, 2.05) is 30.3 Å². The van der Waals surface area contributed by atoms with Crippen LogP contribution in [-0.2, 0) is 0 Å². The molecule has 1 aromatic carbocycles. The molecule has 0 saturated heterocycles. The van der Waals surface area contributed by atoms with Crippen LogP contribution in [0.1, 0.15) is 11.7 Å². The van der Waals surface area contributed by atoms with Crippen molar-refractivity contribution in [1.82, 2.24) is 14.8 Å². The van der Waals surface area contributed by atoms with E-state index in [2.05, 4.69) is 15.3 Å². The van der Waals surface area contributed by atoms with Crippen molar-refractivity contribution in [2.45, 2.75) is 6.17 Å². The van der Waals surface area contributed by atoms with E-state index >= 15 is 0 Å². The highest BCUT2D eigenvalue weighted by Gasteiger charge is 2.13. The zero-order valence-corrected chi connectivity index (χ0v) is 7.32. The van der Waals surface area contributed by atoms with E-state index < -0.39 is 6.17 Å². The van der Waals surface area contributed by atoms with Crippen LogP contribution in [0.5, 0.6) is 0 Å². The fraction of sp³-hybridized carbons (Fsp3) is 0.111. The van der Waals surface area contributed by atoms with Gasteiger partial charge in [-0.15, -0.1) is 4.91 Å². The van der Waals surface area contributed by atoms with Crippen molar-refractivity contribution in [3.05, 3.63) is 53.5 Å². The lowest BCUT2D eigenvalue weighted by Gasteiger charge is -2.07. The van der Waals surface area contributed by atoms with Crippen molar-refractivity contribution in [3.8, 4) is 0 Å². The first kappa shape index (κ1) is 8.55. The molecule has 70 valence electrons. The minimum Gasteiger partial charge on any atom is -0.223 e. The van der Waals surface area contributed by atoms with Crippen LogP contribution in [-0.4, -0.2) is 14.8 Å². The SMILES string of the molecule is O=NC(c1ccccc1)n1cncn1. The van der Waals surface area contributed by atoms with Gasteiger partial charge >= 0.3 is 0 Å². The number of nitroso groups, excluding NO2 is 1. The summed E-state index contributed by atoms with van der Waals surface area (Å²) in [5.41, 5.74) is 0.799. The quantitative estimate of drug-likeness (QED) is 0.687. The van der Waals surface area contributed by atoms with Gasteiger partial charge in [-0.3, -0.25) is 0 Å². The van der Waals surface area contributed by atoms with Gasteiger partial charge < -0.3 is 0 Å². The average molecular weight is 188 g/mol. The first-order valence-corrected chi connectivity index (χ1v) is 4.13. The number of rotatable bonds is 3. The van der Waals surface area contributed by atoms with Crippen LogP contribution in [0.3, 0.4) is 0 Å². The van der Waals surface area contributed by atoms with Gasteiger partial charge in [0.1, 0.15) is 12.7 Å². The van der Waals surface area contributed by atoms with Crippen LogP contribution in [0.2, 0.25) is 0 Å². The zero-order chi connectivity index (χ0) is 9.80. The molecule has 1 unspecified atom stereocenters. The molecule has 0 radical (unpaired) electrons. The van der Waals surface area contributed by atoms with Crippen LogP contribution in [0.15, 0.2) is 48.2 Å². The Bertz CT molecular complexity index is 398. The van der Waals surface area contributed by atoms with Crippen molar-refractivity contribution >= 4 is 0 Å². The van der Waals surface area contributed by atoms with E-state index in [1.165, 1.54) is 17.3 Å². The Morgan fingerprint density at radius 1 is 1.29 bits per heavy atom. The molecule has 0 amide bonds. The summed E-state index contributed by atoms with van der Waals surface area (Å²) in [6, 6.07) is 9.24. The van der Waals surface area contributed by atoms with Gasteiger partial charge in [-0.25, -0.2) is 9.67 Å². The third-order valence-corrected chi connectivity index (χ3v) is 1.88. The normalized spacial score (nSPS) is 12.3. The number of nitrogens with zero attached hydrogens (tertiary/aromatic N) is 4. The fourth-order valence-electron chi connectivity index (χ4n) is 1.23. The van der Waals surface area contributed by atoms with E-state index in [-0.39, 0.29) is 0 Å². The molecule has 2 rings (SSSR count). The van der Waals surface area contributed by atoms with Gasteiger partial charge in [0.2, 0.25) is 6.17 Å². The largest absolute Gasteiger partial charge is 0.223 e. The van der Waals surface area contributed by atoms with E-state index in [4.69, 9.17) is 0 Å². The maximum absolute atomic E-state index is 10.7. The molecular weight excluding hydrogens is 180 g/mol. The van der Waals surface area contributed by atoms with Crippen molar-refractivity contribution in [2.24, 2.45) is 5.18 Å². The summed E-state index contributed by atoms with van der Waals surface area (Å²) in [5.74, 6) is 0. The first-order chi connectivity index (χ1) is 6.92. The van der Waals surface area contributed by atoms with Gasteiger partial charge in [0.05, 0.1) is 0 Å². The maximum Gasteiger partial charge on any atom is 0.210 e. The summed E-state index contributed by atoms with van der Waals surface area (Å²) in [7, 11) is 0. The van der Waals surface area contributed by atoms with Gasteiger partial charge in [-0.2, -0.15) is 5.10 Å². The molecule has 0 aliphatic heterocycles. The second kappa shape index (κ2) is 3.78. The van der Waals surface area contributed by atoms with Gasteiger partial charge in [-0.1, -0.05) is 30.3 Å². The average Bonchev–Trinajstić information content (AvgIpc) is 2.74. The Morgan fingerprint density at radius 3 is 2.64 bits per heavy atom. The molecule has 5 nitrogen and oxygen atoms in total. The highest BCUT2D eigenvalue weighted by atomic mass is 16.3. The van der Waals surface area contributed by atoms with E-state index in [9.17, 15) is 4.91 Å². The lowest BCUT2D eigenvalue weighted by atomic mass is 10.2. The molecule has 1 heterocycles. The molecule has 2 aromatic rings. The van der Waals surface area contributed by atoms with Crippen LogP contribution in [0.4, 0.5) is 0 Å². The molecular formula is C9H8N4O. The van der Waals surface area contributed by atoms with E-state index in [1.54, 1.807) is 0 Å². The van der Waals surface area contributed by atoms with Crippen LogP contribution in [0, 0.1) is 4.91 Å². The molecule has 0 fully saturated rings. The van der Waals surface area contributed by atoms with Crippen molar-refractivity contribution in [2.75, 3.05) is 0 Å². The molecule has 0 spiro atoms. The zero-order valence-electron chi connectivity index (χ0n) is 7.32. The molecule has 0 aliphatic rings. The Kier molecular flexibility index (Phi) is 2.31. The van der Waals surface area contributed by atoms with Gasteiger partial charge in [0.25, 0.3) is 0 Å². The van der Waals surface area contributed by atoms with Gasteiger partial charge in [0, 0.05) is 5.56 Å². The Balaban J connectivity index is 2.36. The smallest absolute Gasteiger partial charge is 0.210 e. The predicted octanol–water partition coefficient (Wildman–Crippen LogP) is 1.59. The lowest BCUT2D eigenvalue weighted by Crippen LogP contribution is -2.07. The summed E-state index contributed by atoms with van der Waals surface area (Å²) in [5, 5.41) is 6.89. The molecule has 0 bridgehead atoms. The molecule has 0 aliphatic carbocycles. The predicted molar refractivity (Wildman–Crippen MR) is 50.4 cm³/mol. The molecule has 0 N–H and O–H groups in total. The van der Waals surface area contributed by atoms with Gasteiger partial charge in [-0.05, 0) is 5.18 Å². The second-order valence-corrected chi connectivity index (χ2v) is 2.77. The maximum atomic E-state index is 10.7. The minimum absolute atomic E-state index is 0.626. The van der Waals surface area contributed by atoms with Crippen molar-refractivity contribution in [3.63, 3.8) is 0 Å². The summed E-state index contributed by atoms with van der Waals surface area (Å²) >= 11 is 0. The van der Waals surface area contributed by atoms with Gasteiger partial charge in [0.15, 0.2) is 0 Å². The molecule has 14 heavy (non-hydrogen) atoms. The monoisotopic (exact) mass is 188 g/mol. The molecule has 1 atom stereocenters. The first-order valence-electron chi connectivity index (χ1n) is 4.13. The summed E-state index contributed by atoms with van der Waals surface area (Å²) in [4.78, 5) is 14.4. The lowest BCUT2D eigenvalue weighted by molar-refractivity contribution is 0.539. The summed E-state index contributed by atoms with van der Waals surface area (Å²) in [6.45, 7) is 0. The number of hydrogen-bond acceptors (Lipinski definition) is 4. The van der Waals surface area contributed by atoms with Crippen molar-refractivity contribution < 1.29 is 0 Å². The Hall–Kier alpha value is -2.04. The van der Waals surface area contributed by atoms with Crippen LogP contribution < -0.4 is 0 Å². The van der Waals surface area contributed by atoms with Crippen LogP contribution >= 0.6 is 0 Å². The molecule has 1 aromatic heterocycles. The van der Waals surface area contributed by atoms with E-state index in [0.29, 0.717) is 0 Å².